The van der Waals surface area contributed by atoms with E-state index in [1.54, 1.807) is 25.7 Å². The van der Waals surface area contributed by atoms with Gasteiger partial charge in [-0.2, -0.15) is 0 Å². The van der Waals surface area contributed by atoms with Crippen molar-refractivity contribution < 1.29 is 24.2 Å². The van der Waals surface area contributed by atoms with Crippen molar-refractivity contribution in [2.75, 3.05) is 26.2 Å². The van der Waals surface area contributed by atoms with Crippen molar-refractivity contribution in [3.63, 3.8) is 0 Å². The number of hydrogen-bond acceptors (Lipinski definition) is 4. The van der Waals surface area contributed by atoms with E-state index in [1.165, 1.54) is 38.5 Å². The van der Waals surface area contributed by atoms with E-state index in [2.05, 4.69) is 13.8 Å². The van der Waals surface area contributed by atoms with Crippen molar-refractivity contribution in [3.05, 3.63) is 0 Å². The zero-order chi connectivity index (χ0) is 24.4. The van der Waals surface area contributed by atoms with E-state index in [0.717, 1.165) is 43.4 Å². The quantitative estimate of drug-likeness (QED) is 0.261. The van der Waals surface area contributed by atoms with E-state index < -0.39 is 24.2 Å². The lowest BCUT2D eigenvalue weighted by Gasteiger charge is -2.29. The second-order valence-electron chi connectivity index (χ2n) is 9.65. The summed E-state index contributed by atoms with van der Waals surface area (Å²) in [5.41, 5.74) is -0.756. The molecule has 0 aromatic carbocycles. The summed E-state index contributed by atoms with van der Waals surface area (Å²) in [6.45, 7) is 10.0. The lowest BCUT2D eigenvalue weighted by Crippen LogP contribution is -2.47. The molecule has 0 aromatic heterocycles. The van der Waals surface area contributed by atoms with Crippen LogP contribution in [0.1, 0.15) is 112 Å². The number of unbranched alkanes of at least 4 members (excludes halogenated alkanes) is 10. The molecule has 0 bridgehead atoms. The molecule has 0 saturated heterocycles. The van der Waals surface area contributed by atoms with Crippen molar-refractivity contribution in [1.82, 2.24) is 9.80 Å². The van der Waals surface area contributed by atoms with Gasteiger partial charge in [-0.25, -0.2) is 4.79 Å². The Morgan fingerprint density at radius 1 is 0.688 bits per heavy atom. The fourth-order valence-electron chi connectivity index (χ4n) is 3.47. The zero-order valence-electron chi connectivity index (χ0n) is 21.3. The third-order valence-electron chi connectivity index (χ3n) is 5.22. The maximum absolute atomic E-state index is 13.0. The van der Waals surface area contributed by atoms with Gasteiger partial charge in [-0.05, 0) is 33.6 Å². The lowest BCUT2D eigenvalue weighted by atomic mass is 10.1. The van der Waals surface area contributed by atoms with Crippen LogP contribution in [-0.2, 0) is 14.3 Å². The van der Waals surface area contributed by atoms with Crippen LogP contribution in [0.5, 0.6) is 0 Å². The summed E-state index contributed by atoms with van der Waals surface area (Å²) in [6.07, 6.45) is 12.9. The third kappa shape index (κ3) is 16.8. The Kier molecular flexibility index (Phi) is 16.7. The minimum absolute atomic E-state index is 0.209. The van der Waals surface area contributed by atoms with Crippen LogP contribution in [0.2, 0.25) is 0 Å². The van der Waals surface area contributed by atoms with E-state index in [9.17, 15) is 19.5 Å². The molecule has 2 amide bonds. The molecule has 0 spiro atoms. The van der Waals surface area contributed by atoms with Crippen LogP contribution < -0.4 is 0 Å². The highest BCUT2D eigenvalue weighted by Gasteiger charge is 2.27. The molecular formula is C25H48N2O5. The highest BCUT2D eigenvalue weighted by atomic mass is 16.6. The number of ether oxygens (including phenoxy) is 1. The Labute approximate surface area is 195 Å². The lowest BCUT2D eigenvalue weighted by molar-refractivity contribution is -0.139. The molecule has 0 aliphatic rings. The van der Waals surface area contributed by atoms with E-state index >= 15 is 0 Å². The van der Waals surface area contributed by atoms with E-state index in [1.807, 2.05) is 0 Å². The van der Waals surface area contributed by atoms with Gasteiger partial charge in [-0.1, -0.05) is 78.1 Å². The predicted molar refractivity (Wildman–Crippen MR) is 129 cm³/mol. The summed E-state index contributed by atoms with van der Waals surface area (Å²) in [6, 6.07) is 0. The number of amides is 2. The Morgan fingerprint density at radius 3 is 1.53 bits per heavy atom. The summed E-state index contributed by atoms with van der Waals surface area (Å²) < 4.78 is 5.31. The topological polar surface area (TPSA) is 87.2 Å². The number of carboxylic acids is 1. The normalized spacial score (nSPS) is 11.3. The maximum atomic E-state index is 13.0. The predicted octanol–water partition coefficient (Wildman–Crippen LogP) is 5.86. The van der Waals surface area contributed by atoms with Crippen LogP contribution in [0, 0.1) is 0 Å². The molecule has 32 heavy (non-hydrogen) atoms. The standard InChI is InChI=1S/C25H48N2O5/c1-6-8-10-12-14-16-18-26(19-17-15-13-11-9-7-2)22(28)20-27(21-23(29)30)24(31)32-25(3,4)5/h6-21H2,1-5H3,(H,29,30). The molecule has 7 nitrogen and oxygen atoms in total. The van der Waals surface area contributed by atoms with E-state index in [-0.39, 0.29) is 12.5 Å². The summed E-state index contributed by atoms with van der Waals surface area (Å²) in [5, 5.41) is 9.20. The maximum Gasteiger partial charge on any atom is 0.411 e. The molecule has 0 radical (unpaired) electrons. The van der Waals surface area contributed by atoms with Crippen molar-refractivity contribution in [3.8, 4) is 0 Å². The molecule has 0 aliphatic carbocycles. The van der Waals surface area contributed by atoms with Gasteiger partial charge in [-0.3, -0.25) is 14.5 Å². The molecule has 0 unspecified atom stereocenters. The summed E-state index contributed by atoms with van der Waals surface area (Å²) in [4.78, 5) is 39.5. The first-order chi connectivity index (χ1) is 15.1. The first-order valence-electron chi connectivity index (χ1n) is 12.6. The van der Waals surface area contributed by atoms with Gasteiger partial charge >= 0.3 is 12.1 Å². The van der Waals surface area contributed by atoms with Gasteiger partial charge in [0.15, 0.2) is 0 Å². The SMILES string of the molecule is CCCCCCCCN(CCCCCCCC)C(=O)CN(CC(=O)O)C(=O)OC(C)(C)C. The van der Waals surface area contributed by atoms with E-state index in [4.69, 9.17) is 4.74 Å². The van der Waals surface area contributed by atoms with Gasteiger partial charge in [0.1, 0.15) is 18.7 Å². The number of rotatable bonds is 18. The highest BCUT2D eigenvalue weighted by molar-refractivity contribution is 5.84. The average Bonchev–Trinajstić information content (AvgIpc) is 2.69. The first-order valence-corrected chi connectivity index (χ1v) is 12.6. The Balaban J connectivity index is 4.91. The Hall–Kier alpha value is -1.79. The fourth-order valence-corrected chi connectivity index (χ4v) is 3.47. The van der Waals surface area contributed by atoms with E-state index in [0.29, 0.717) is 13.1 Å². The van der Waals surface area contributed by atoms with Gasteiger partial charge in [0.25, 0.3) is 0 Å². The minimum Gasteiger partial charge on any atom is -0.480 e. The second-order valence-corrected chi connectivity index (χ2v) is 9.65. The van der Waals surface area contributed by atoms with Crippen LogP contribution in [-0.4, -0.2) is 64.7 Å². The second kappa shape index (κ2) is 17.7. The van der Waals surface area contributed by atoms with Gasteiger partial charge in [0, 0.05) is 13.1 Å². The molecule has 1 N–H and O–H groups in total. The molecule has 0 rings (SSSR count). The molecule has 0 aliphatic heterocycles. The highest BCUT2D eigenvalue weighted by Crippen LogP contribution is 2.12. The van der Waals surface area contributed by atoms with Crippen molar-refractivity contribution in [1.29, 1.82) is 0 Å². The van der Waals surface area contributed by atoms with Crippen molar-refractivity contribution in [2.45, 2.75) is 117 Å². The monoisotopic (exact) mass is 456 g/mol. The Morgan fingerprint density at radius 2 is 1.12 bits per heavy atom. The van der Waals surface area contributed by atoms with Crippen molar-refractivity contribution in [2.24, 2.45) is 0 Å². The number of carbonyl (C=O) groups excluding carboxylic acids is 2. The number of hydrogen-bond donors (Lipinski definition) is 1. The molecule has 0 fully saturated rings. The van der Waals surface area contributed by atoms with Gasteiger partial charge in [0.05, 0.1) is 0 Å². The molecule has 0 saturated carbocycles. The van der Waals surface area contributed by atoms with Crippen LogP contribution in [0.3, 0.4) is 0 Å². The zero-order valence-corrected chi connectivity index (χ0v) is 21.3. The molecule has 0 heterocycles. The van der Waals surface area contributed by atoms with Crippen molar-refractivity contribution >= 4 is 18.0 Å². The third-order valence-corrected chi connectivity index (χ3v) is 5.22. The number of carboxylic acid groups (broad SMARTS) is 1. The minimum atomic E-state index is -1.16. The molecule has 188 valence electrons. The first kappa shape index (κ1) is 30.2. The molecule has 7 heteroatoms. The molecule has 0 aromatic rings. The average molecular weight is 457 g/mol. The van der Waals surface area contributed by atoms with Crippen LogP contribution in [0.25, 0.3) is 0 Å². The van der Waals surface area contributed by atoms with Gasteiger partial charge in [-0.15, -0.1) is 0 Å². The van der Waals surface area contributed by atoms with Crippen LogP contribution in [0.4, 0.5) is 4.79 Å². The molecule has 0 atom stereocenters. The largest absolute Gasteiger partial charge is 0.480 e. The summed E-state index contributed by atoms with van der Waals surface area (Å²) in [5.74, 6) is -1.37. The summed E-state index contributed by atoms with van der Waals surface area (Å²) >= 11 is 0. The number of nitrogens with zero attached hydrogens (tertiary/aromatic N) is 2. The van der Waals surface area contributed by atoms with Gasteiger partial charge in [0.2, 0.25) is 5.91 Å². The Bertz CT molecular complexity index is 515. The number of carbonyl (C=O) groups is 3. The number of aliphatic carboxylic acids is 1. The summed E-state index contributed by atoms with van der Waals surface area (Å²) in [7, 11) is 0. The fraction of sp³-hybridized carbons (Fsp3) is 0.880. The van der Waals surface area contributed by atoms with Crippen LogP contribution in [0.15, 0.2) is 0 Å². The van der Waals surface area contributed by atoms with Gasteiger partial charge < -0.3 is 14.7 Å². The smallest absolute Gasteiger partial charge is 0.411 e. The molecular weight excluding hydrogens is 408 g/mol. The van der Waals surface area contributed by atoms with Crippen LogP contribution >= 0.6 is 0 Å².